The summed E-state index contributed by atoms with van der Waals surface area (Å²) >= 11 is 0. The van der Waals surface area contributed by atoms with Gasteiger partial charge in [0.1, 0.15) is 6.54 Å². The molecule has 1 aliphatic heterocycles. The van der Waals surface area contributed by atoms with Gasteiger partial charge in [0, 0.05) is 19.6 Å². The molecule has 0 radical (unpaired) electrons. The molecule has 1 saturated heterocycles. The molecule has 1 heterocycles. The first kappa shape index (κ1) is 14.5. The number of hydrogen-bond acceptors (Lipinski definition) is 4. The molecule has 5 heteroatoms. The zero-order valence-electron chi connectivity index (χ0n) is 11.7. The summed E-state index contributed by atoms with van der Waals surface area (Å²) < 4.78 is 4.94. The van der Waals surface area contributed by atoms with E-state index in [1.807, 2.05) is 30.3 Å². The lowest BCUT2D eigenvalue weighted by molar-refractivity contribution is -0.151. The average molecular weight is 276 g/mol. The summed E-state index contributed by atoms with van der Waals surface area (Å²) in [5.41, 5.74) is 1.01. The van der Waals surface area contributed by atoms with Crippen molar-refractivity contribution in [3.63, 3.8) is 0 Å². The van der Waals surface area contributed by atoms with Crippen LogP contribution in [0.4, 0.5) is 0 Å². The van der Waals surface area contributed by atoms with Gasteiger partial charge in [0.2, 0.25) is 5.91 Å². The Hall–Kier alpha value is -1.88. The third kappa shape index (κ3) is 3.81. The van der Waals surface area contributed by atoms with E-state index in [0.717, 1.165) is 5.56 Å². The van der Waals surface area contributed by atoms with Crippen LogP contribution < -0.4 is 5.32 Å². The van der Waals surface area contributed by atoms with Crippen molar-refractivity contribution >= 4 is 11.9 Å². The summed E-state index contributed by atoms with van der Waals surface area (Å²) in [7, 11) is 0. The van der Waals surface area contributed by atoms with Gasteiger partial charge in [0.15, 0.2) is 0 Å². The Morgan fingerprint density at radius 3 is 2.55 bits per heavy atom. The summed E-state index contributed by atoms with van der Waals surface area (Å²) in [6, 6.07) is 9.67. The number of carbonyl (C=O) groups excluding carboxylic acids is 2. The molecule has 0 bridgehead atoms. The van der Waals surface area contributed by atoms with E-state index in [4.69, 9.17) is 4.74 Å². The lowest BCUT2D eigenvalue weighted by atomic mass is 10.0. The minimum absolute atomic E-state index is 0.0120. The molecule has 2 rings (SSSR count). The molecule has 1 aromatic carbocycles. The van der Waals surface area contributed by atoms with Gasteiger partial charge < -0.3 is 15.0 Å². The van der Waals surface area contributed by atoms with Crippen molar-refractivity contribution in [3.8, 4) is 0 Å². The van der Waals surface area contributed by atoms with Gasteiger partial charge in [-0.2, -0.15) is 0 Å². The standard InChI is InChI=1S/C15H20N2O3/c1-2-20-14(18)11-17(15(19)13-8-16-9-13)10-12-6-4-3-5-7-12/h3-7,13,16H,2,8-11H2,1H3. The summed E-state index contributed by atoms with van der Waals surface area (Å²) in [6.45, 7) is 3.92. The zero-order chi connectivity index (χ0) is 14.4. The second-order valence-electron chi connectivity index (χ2n) is 4.84. The molecule has 20 heavy (non-hydrogen) atoms. The molecule has 0 unspecified atom stereocenters. The topological polar surface area (TPSA) is 58.6 Å². The number of ether oxygens (including phenoxy) is 1. The normalized spacial score (nSPS) is 14.4. The first-order valence-corrected chi connectivity index (χ1v) is 6.89. The molecule has 0 saturated carbocycles. The van der Waals surface area contributed by atoms with Crippen molar-refractivity contribution < 1.29 is 14.3 Å². The van der Waals surface area contributed by atoms with E-state index in [1.165, 1.54) is 0 Å². The van der Waals surface area contributed by atoms with Crippen LogP contribution >= 0.6 is 0 Å². The highest BCUT2D eigenvalue weighted by molar-refractivity contribution is 5.84. The molecule has 5 nitrogen and oxygen atoms in total. The van der Waals surface area contributed by atoms with Crippen LogP contribution in [0.15, 0.2) is 30.3 Å². The van der Waals surface area contributed by atoms with Gasteiger partial charge in [0.05, 0.1) is 12.5 Å². The number of hydrogen-bond donors (Lipinski definition) is 1. The molecular formula is C15H20N2O3. The average Bonchev–Trinajstić information content (AvgIpc) is 2.37. The third-order valence-electron chi connectivity index (χ3n) is 3.28. The van der Waals surface area contributed by atoms with Crippen molar-refractivity contribution in [2.45, 2.75) is 13.5 Å². The predicted octanol–water partition coefficient (Wildman–Crippen LogP) is 0.798. The van der Waals surface area contributed by atoms with E-state index in [0.29, 0.717) is 26.2 Å². The van der Waals surface area contributed by atoms with Gasteiger partial charge in [-0.05, 0) is 12.5 Å². The number of carbonyl (C=O) groups is 2. The molecule has 1 amide bonds. The molecule has 0 aromatic heterocycles. The molecule has 1 N–H and O–H groups in total. The number of nitrogens with zero attached hydrogens (tertiary/aromatic N) is 1. The lowest BCUT2D eigenvalue weighted by Gasteiger charge is -2.32. The summed E-state index contributed by atoms with van der Waals surface area (Å²) in [6.07, 6.45) is 0. The van der Waals surface area contributed by atoms with E-state index in [2.05, 4.69) is 5.32 Å². The molecule has 1 aliphatic rings. The maximum Gasteiger partial charge on any atom is 0.325 e. The van der Waals surface area contributed by atoms with Crippen LogP contribution in [0.5, 0.6) is 0 Å². The summed E-state index contributed by atoms with van der Waals surface area (Å²) in [5, 5.41) is 3.08. The van der Waals surface area contributed by atoms with Crippen LogP contribution in [0.1, 0.15) is 12.5 Å². The Kier molecular flexibility index (Phi) is 5.12. The fraction of sp³-hybridized carbons (Fsp3) is 0.467. The number of rotatable bonds is 6. The van der Waals surface area contributed by atoms with Gasteiger partial charge in [-0.15, -0.1) is 0 Å². The smallest absolute Gasteiger partial charge is 0.325 e. The Morgan fingerprint density at radius 2 is 2.00 bits per heavy atom. The molecule has 1 aromatic rings. The third-order valence-corrected chi connectivity index (χ3v) is 3.28. The Balaban J connectivity index is 2.02. The fourth-order valence-electron chi connectivity index (χ4n) is 2.10. The highest BCUT2D eigenvalue weighted by Crippen LogP contribution is 2.12. The second kappa shape index (κ2) is 7.05. The van der Waals surface area contributed by atoms with Gasteiger partial charge in [-0.25, -0.2) is 0 Å². The number of amides is 1. The van der Waals surface area contributed by atoms with Crippen molar-refractivity contribution in [2.75, 3.05) is 26.2 Å². The lowest BCUT2D eigenvalue weighted by Crippen LogP contribution is -2.52. The molecule has 108 valence electrons. The maximum atomic E-state index is 12.3. The van der Waals surface area contributed by atoms with Crippen LogP contribution in [0.2, 0.25) is 0 Å². The highest BCUT2D eigenvalue weighted by atomic mass is 16.5. The van der Waals surface area contributed by atoms with Gasteiger partial charge in [-0.1, -0.05) is 30.3 Å². The van der Waals surface area contributed by atoms with Crippen LogP contribution in [0.25, 0.3) is 0 Å². The molecular weight excluding hydrogens is 256 g/mol. The van der Waals surface area contributed by atoms with E-state index < -0.39 is 0 Å². The minimum atomic E-state index is -0.357. The van der Waals surface area contributed by atoms with Crippen LogP contribution in [0.3, 0.4) is 0 Å². The Bertz CT molecular complexity index is 457. The molecule has 0 atom stereocenters. The van der Waals surface area contributed by atoms with Crippen molar-refractivity contribution in [1.82, 2.24) is 10.2 Å². The van der Waals surface area contributed by atoms with E-state index in [-0.39, 0.29) is 24.3 Å². The number of esters is 1. The van der Waals surface area contributed by atoms with Gasteiger partial charge >= 0.3 is 5.97 Å². The zero-order valence-corrected chi connectivity index (χ0v) is 11.7. The number of benzene rings is 1. The summed E-state index contributed by atoms with van der Waals surface area (Å²) in [4.78, 5) is 25.6. The first-order chi connectivity index (χ1) is 9.70. The van der Waals surface area contributed by atoms with Gasteiger partial charge in [0.25, 0.3) is 0 Å². The van der Waals surface area contributed by atoms with E-state index >= 15 is 0 Å². The highest BCUT2D eigenvalue weighted by Gasteiger charge is 2.30. The van der Waals surface area contributed by atoms with Crippen molar-refractivity contribution in [2.24, 2.45) is 5.92 Å². The maximum absolute atomic E-state index is 12.3. The van der Waals surface area contributed by atoms with Crippen LogP contribution in [0, 0.1) is 5.92 Å². The van der Waals surface area contributed by atoms with Crippen LogP contribution in [-0.4, -0.2) is 43.0 Å². The van der Waals surface area contributed by atoms with E-state index in [1.54, 1.807) is 11.8 Å². The second-order valence-corrected chi connectivity index (χ2v) is 4.84. The monoisotopic (exact) mass is 276 g/mol. The van der Waals surface area contributed by atoms with Crippen LogP contribution in [-0.2, 0) is 20.9 Å². The minimum Gasteiger partial charge on any atom is -0.465 e. The molecule has 0 spiro atoms. The Morgan fingerprint density at radius 1 is 1.30 bits per heavy atom. The Labute approximate surface area is 118 Å². The largest absolute Gasteiger partial charge is 0.465 e. The molecule has 0 aliphatic carbocycles. The SMILES string of the molecule is CCOC(=O)CN(Cc1ccccc1)C(=O)C1CNC1. The van der Waals surface area contributed by atoms with Gasteiger partial charge in [-0.3, -0.25) is 9.59 Å². The summed E-state index contributed by atoms with van der Waals surface area (Å²) in [5.74, 6) is -0.363. The fourth-order valence-corrected chi connectivity index (χ4v) is 2.10. The number of nitrogens with one attached hydrogen (secondary N) is 1. The first-order valence-electron chi connectivity index (χ1n) is 6.89. The van der Waals surface area contributed by atoms with Crippen molar-refractivity contribution in [1.29, 1.82) is 0 Å². The predicted molar refractivity (Wildman–Crippen MR) is 74.9 cm³/mol. The quantitative estimate of drug-likeness (QED) is 0.781. The molecule has 1 fully saturated rings. The van der Waals surface area contributed by atoms with E-state index in [9.17, 15) is 9.59 Å². The van der Waals surface area contributed by atoms with Crippen molar-refractivity contribution in [3.05, 3.63) is 35.9 Å².